The summed E-state index contributed by atoms with van der Waals surface area (Å²) in [5.74, 6) is 0.764. The molecule has 10 heteroatoms. The van der Waals surface area contributed by atoms with Gasteiger partial charge in [0.2, 0.25) is 0 Å². The van der Waals surface area contributed by atoms with Gasteiger partial charge in [-0.25, -0.2) is 19.7 Å². The summed E-state index contributed by atoms with van der Waals surface area (Å²) < 4.78 is 0. The number of carboxylic acid groups (broad SMARTS) is 1. The van der Waals surface area contributed by atoms with Crippen LogP contribution in [0.1, 0.15) is 19.8 Å². The summed E-state index contributed by atoms with van der Waals surface area (Å²) in [5, 5.41) is 13.4. The number of nitrogens with one attached hydrogen (secondary N) is 1. The van der Waals surface area contributed by atoms with E-state index in [2.05, 4.69) is 20.2 Å². The van der Waals surface area contributed by atoms with Crippen molar-refractivity contribution in [1.29, 1.82) is 0 Å². The lowest BCUT2D eigenvalue weighted by molar-refractivity contribution is 0.173. The number of aromatic nitrogens is 3. The zero-order valence-corrected chi connectivity index (χ0v) is 18.4. The summed E-state index contributed by atoms with van der Waals surface area (Å²) >= 11 is 13.8. The van der Waals surface area contributed by atoms with Gasteiger partial charge in [-0.1, -0.05) is 41.0 Å². The van der Waals surface area contributed by atoms with E-state index in [1.165, 1.54) is 11.8 Å². The standard InChI is InChI=1S/C20H19Cl2N5O2S/c1-20(26-19(28)29)7-9-27(10-8-20)15-11-23-18-13(24-15)5-6-16(25-18)30-14-4-2-3-12(21)17(14)22/h2-6,11,26H,7-10H2,1H3,(H,28,29). The highest BCUT2D eigenvalue weighted by atomic mass is 35.5. The van der Waals surface area contributed by atoms with E-state index >= 15 is 0 Å². The first-order valence-corrected chi connectivity index (χ1v) is 10.9. The van der Waals surface area contributed by atoms with Gasteiger partial charge in [0.25, 0.3) is 0 Å². The number of nitrogens with zero attached hydrogens (tertiary/aromatic N) is 4. The van der Waals surface area contributed by atoms with Crippen LogP contribution in [0.3, 0.4) is 0 Å². The van der Waals surface area contributed by atoms with Crippen molar-refractivity contribution in [2.24, 2.45) is 0 Å². The fraction of sp³-hybridized carbons (Fsp3) is 0.300. The third kappa shape index (κ3) is 4.55. The SMILES string of the molecule is CC1(NC(=O)O)CCN(c2cnc3nc(Sc4cccc(Cl)c4Cl)ccc3n2)CC1. The van der Waals surface area contributed by atoms with Crippen molar-refractivity contribution in [2.45, 2.75) is 35.2 Å². The number of carbonyl (C=O) groups is 1. The molecular formula is C20H19Cl2N5O2S. The number of fused-ring (bicyclic) bond motifs is 1. The van der Waals surface area contributed by atoms with Gasteiger partial charge in [-0.2, -0.15) is 0 Å². The molecule has 0 bridgehead atoms. The van der Waals surface area contributed by atoms with Gasteiger partial charge in [-0.3, -0.25) is 0 Å². The minimum Gasteiger partial charge on any atom is -0.465 e. The van der Waals surface area contributed by atoms with Crippen molar-refractivity contribution < 1.29 is 9.90 Å². The van der Waals surface area contributed by atoms with Crippen LogP contribution in [0.25, 0.3) is 11.2 Å². The Morgan fingerprint density at radius 2 is 1.97 bits per heavy atom. The second kappa shape index (κ2) is 8.45. The molecular weight excluding hydrogens is 445 g/mol. The number of amides is 1. The Kier molecular flexibility index (Phi) is 5.90. The highest BCUT2D eigenvalue weighted by Crippen LogP contribution is 2.36. The molecule has 156 valence electrons. The number of benzene rings is 1. The van der Waals surface area contributed by atoms with Gasteiger partial charge < -0.3 is 15.3 Å². The van der Waals surface area contributed by atoms with E-state index in [4.69, 9.17) is 33.3 Å². The van der Waals surface area contributed by atoms with Crippen molar-refractivity contribution in [1.82, 2.24) is 20.3 Å². The third-order valence-corrected chi connectivity index (χ3v) is 7.02. The molecule has 1 amide bonds. The van der Waals surface area contributed by atoms with Gasteiger partial charge in [-0.05, 0) is 44.0 Å². The van der Waals surface area contributed by atoms with Gasteiger partial charge >= 0.3 is 6.09 Å². The van der Waals surface area contributed by atoms with Crippen LogP contribution in [0, 0.1) is 0 Å². The first kappa shape index (κ1) is 21.0. The molecule has 0 unspecified atom stereocenters. The van der Waals surface area contributed by atoms with E-state index in [1.807, 2.05) is 31.2 Å². The molecule has 0 atom stereocenters. The molecule has 0 aliphatic carbocycles. The largest absolute Gasteiger partial charge is 0.465 e. The molecule has 3 heterocycles. The maximum absolute atomic E-state index is 11.0. The van der Waals surface area contributed by atoms with Crippen LogP contribution in [0.5, 0.6) is 0 Å². The van der Waals surface area contributed by atoms with Crippen LogP contribution >= 0.6 is 35.0 Å². The van der Waals surface area contributed by atoms with Crippen LogP contribution < -0.4 is 10.2 Å². The average molecular weight is 464 g/mol. The molecule has 4 rings (SSSR count). The Balaban J connectivity index is 1.50. The van der Waals surface area contributed by atoms with Crippen LogP contribution in [0.15, 0.2) is 46.5 Å². The minimum absolute atomic E-state index is 0.415. The molecule has 3 aromatic rings. The van der Waals surface area contributed by atoms with Crippen LogP contribution in [0.4, 0.5) is 10.6 Å². The van der Waals surface area contributed by atoms with Crippen molar-refractivity contribution >= 4 is 58.0 Å². The lowest BCUT2D eigenvalue weighted by atomic mass is 9.90. The van der Waals surface area contributed by atoms with E-state index in [-0.39, 0.29) is 0 Å². The molecule has 2 aromatic heterocycles. The van der Waals surface area contributed by atoms with Gasteiger partial charge in [-0.15, -0.1) is 0 Å². The predicted molar refractivity (Wildman–Crippen MR) is 119 cm³/mol. The Morgan fingerprint density at radius 1 is 1.20 bits per heavy atom. The molecule has 1 saturated heterocycles. The normalized spacial score (nSPS) is 15.9. The van der Waals surface area contributed by atoms with Crippen LogP contribution in [0.2, 0.25) is 10.0 Å². The van der Waals surface area contributed by atoms with E-state index in [0.717, 1.165) is 15.7 Å². The van der Waals surface area contributed by atoms with Gasteiger partial charge in [0.1, 0.15) is 16.4 Å². The fourth-order valence-corrected chi connectivity index (χ4v) is 4.69. The van der Waals surface area contributed by atoms with Crippen molar-refractivity contribution in [3.63, 3.8) is 0 Å². The molecule has 1 aliphatic rings. The number of anilines is 1. The Bertz CT molecular complexity index is 1110. The molecule has 1 aromatic carbocycles. The lowest BCUT2D eigenvalue weighted by Crippen LogP contribution is -2.53. The maximum atomic E-state index is 11.0. The lowest BCUT2D eigenvalue weighted by Gasteiger charge is -2.39. The van der Waals surface area contributed by atoms with Crippen molar-refractivity contribution in [2.75, 3.05) is 18.0 Å². The second-order valence-corrected chi connectivity index (χ2v) is 9.20. The first-order valence-electron chi connectivity index (χ1n) is 9.35. The smallest absolute Gasteiger partial charge is 0.405 e. The Labute approximate surface area is 187 Å². The summed E-state index contributed by atoms with van der Waals surface area (Å²) in [6.45, 7) is 3.33. The monoisotopic (exact) mass is 463 g/mol. The zero-order chi connectivity index (χ0) is 21.3. The summed E-state index contributed by atoms with van der Waals surface area (Å²) in [7, 11) is 0. The molecule has 0 radical (unpaired) electrons. The van der Waals surface area contributed by atoms with E-state index in [9.17, 15) is 4.79 Å². The van der Waals surface area contributed by atoms with E-state index in [1.54, 1.807) is 12.3 Å². The highest BCUT2D eigenvalue weighted by molar-refractivity contribution is 7.99. The number of hydrogen-bond donors (Lipinski definition) is 2. The third-order valence-electron chi connectivity index (χ3n) is 5.10. The van der Waals surface area contributed by atoms with Gasteiger partial charge in [0.15, 0.2) is 5.65 Å². The zero-order valence-electron chi connectivity index (χ0n) is 16.1. The minimum atomic E-state index is -0.991. The summed E-state index contributed by atoms with van der Waals surface area (Å²) in [6.07, 6.45) is 2.12. The molecule has 30 heavy (non-hydrogen) atoms. The fourth-order valence-electron chi connectivity index (χ4n) is 3.37. The van der Waals surface area contributed by atoms with E-state index in [0.29, 0.717) is 47.1 Å². The number of halogens is 2. The molecule has 0 saturated carbocycles. The summed E-state index contributed by atoms with van der Waals surface area (Å²) in [4.78, 5) is 27.7. The van der Waals surface area contributed by atoms with Crippen molar-refractivity contribution in [3.05, 3.63) is 46.6 Å². The summed E-state index contributed by atoms with van der Waals surface area (Å²) in [5.41, 5.74) is 0.837. The number of piperidine rings is 1. The molecule has 2 N–H and O–H groups in total. The maximum Gasteiger partial charge on any atom is 0.405 e. The van der Waals surface area contributed by atoms with Gasteiger partial charge in [0.05, 0.1) is 16.2 Å². The topological polar surface area (TPSA) is 91.2 Å². The number of pyridine rings is 1. The highest BCUT2D eigenvalue weighted by Gasteiger charge is 2.32. The Morgan fingerprint density at radius 3 is 2.70 bits per heavy atom. The molecule has 1 fully saturated rings. The first-order chi connectivity index (χ1) is 14.3. The van der Waals surface area contributed by atoms with Crippen LogP contribution in [-0.2, 0) is 0 Å². The Hall–Kier alpha value is -2.29. The predicted octanol–water partition coefficient (Wildman–Crippen LogP) is 5.11. The number of rotatable bonds is 4. The summed E-state index contributed by atoms with van der Waals surface area (Å²) in [6, 6.07) is 9.25. The average Bonchev–Trinajstić information content (AvgIpc) is 2.71. The van der Waals surface area contributed by atoms with E-state index < -0.39 is 11.6 Å². The molecule has 0 spiro atoms. The molecule has 1 aliphatic heterocycles. The quantitative estimate of drug-likeness (QED) is 0.555. The van der Waals surface area contributed by atoms with Gasteiger partial charge in [0, 0.05) is 23.5 Å². The van der Waals surface area contributed by atoms with Crippen molar-refractivity contribution in [3.8, 4) is 0 Å². The number of hydrogen-bond acceptors (Lipinski definition) is 6. The second-order valence-electron chi connectivity index (χ2n) is 7.35. The molecule has 7 nitrogen and oxygen atoms in total. The van der Waals surface area contributed by atoms with Crippen LogP contribution in [-0.4, -0.2) is 44.8 Å².